The van der Waals surface area contributed by atoms with Crippen LogP contribution in [0.1, 0.15) is 43.6 Å². The zero-order valence-corrected chi connectivity index (χ0v) is 15.5. The summed E-state index contributed by atoms with van der Waals surface area (Å²) in [5, 5.41) is 9.09. The largest absolute Gasteiger partial charge is 0.496 e. The average Bonchev–Trinajstić information content (AvgIpc) is 2.72. The quantitative estimate of drug-likeness (QED) is 0.630. The summed E-state index contributed by atoms with van der Waals surface area (Å²) in [7, 11) is 1.00. The summed E-state index contributed by atoms with van der Waals surface area (Å²) in [5.41, 5.74) is 0.903. The fourth-order valence-electron chi connectivity index (χ4n) is 2.35. The molecule has 0 aliphatic carbocycles. The molecule has 0 spiro atoms. The van der Waals surface area contributed by atoms with Gasteiger partial charge in [-0.1, -0.05) is 12.1 Å². The summed E-state index contributed by atoms with van der Waals surface area (Å²) in [6.07, 6.45) is 1.87. The highest BCUT2D eigenvalue weighted by molar-refractivity contribution is 7.80. The van der Waals surface area contributed by atoms with E-state index < -0.39 is 24.3 Å². The zero-order valence-electron chi connectivity index (χ0n) is 14.6. The van der Waals surface area contributed by atoms with Crippen LogP contribution in [0.4, 0.5) is 0 Å². The van der Waals surface area contributed by atoms with Gasteiger partial charge in [-0.25, -0.2) is 4.79 Å². The number of hydrogen-bond acceptors (Lipinski definition) is 5. The van der Waals surface area contributed by atoms with Crippen molar-refractivity contribution in [1.29, 1.82) is 0 Å². The predicted octanol–water partition coefficient (Wildman–Crippen LogP) is 3.34. The Morgan fingerprint density at radius 3 is 2.33 bits per heavy atom. The van der Waals surface area contributed by atoms with E-state index in [0.29, 0.717) is 11.5 Å². The maximum Gasteiger partial charge on any atom is 0.491 e. The third-order valence-corrected chi connectivity index (χ3v) is 4.93. The predicted molar refractivity (Wildman–Crippen MR) is 97.9 cm³/mol. The van der Waals surface area contributed by atoms with E-state index in [-0.39, 0.29) is 5.56 Å². The van der Waals surface area contributed by atoms with Crippen LogP contribution < -0.4 is 4.74 Å². The third kappa shape index (κ3) is 3.63. The number of carbonyl (C=O) groups is 1. The van der Waals surface area contributed by atoms with E-state index in [1.807, 2.05) is 33.8 Å². The van der Waals surface area contributed by atoms with Gasteiger partial charge in [0.05, 0.1) is 23.9 Å². The van der Waals surface area contributed by atoms with Gasteiger partial charge in [0.2, 0.25) is 0 Å². The molecular weight excluding hydrogens is 327 g/mol. The van der Waals surface area contributed by atoms with E-state index in [0.717, 1.165) is 11.0 Å². The standard InChI is InChI=1S/C17H23BO5S/c1-16(2)17(3,4)23-18(22-16)13(10-24)8-11-6-7-12(15(19)20)9-14(11)21-5/h6-9,24H,10H2,1-5H3,(H,19,20). The summed E-state index contributed by atoms with van der Waals surface area (Å²) in [6, 6.07) is 4.74. The fourth-order valence-corrected chi connectivity index (χ4v) is 2.59. The summed E-state index contributed by atoms with van der Waals surface area (Å²) < 4.78 is 17.4. The lowest BCUT2D eigenvalue weighted by molar-refractivity contribution is 0.00578. The molecule has 0 aromatic heterocycles. The Morgan fingerprint density at radius 1 is 1.29 bits per heavy atom. The fraction of sp³-hybridized carbons (Fsp3) is 0.471. The molecule has 1 heterocycles. The number of methoxy groups -OCH3 is 1. The second-order valence-electron chi connectivity index (χ2n) is 6.73. The SMILES string of the molecule is COc1cc(C(=O)O)ccc1C=C(CS)B1OC(C)(C)C(C)(C)O1. The molecule has 130 valence electrons. The van der Waals surface area contributed by atoms with Gasteiger partial charge >= 0.3 is 13.1 Å². The number of rotatable bonds is 5. The molecule has 0 saturated carbocycles. The van der Waals surface area contributed by atoms with E-state index in [2.05, 4.69) is 12.6 Å². The summed E-state index contributed by atoms with van der Waals surface area (Å²) in [5.74, 6) is -0.0735. The van der Waals surface area contributed by atoms with Gasteiger partial charge in [0.25, 0.3) is 0 Å². The molecule has 1 aromatic rings. The topological polar surface area (TPSA) is 65.0 Å². The Bertz CT molecular complexity index is 653. The Balaban J connectivity index is 2.37. The van der Waals surface area contributed by atoms with Crippen LogP contribution in [0, 0.1) is 0 Å². The molecule has 7 heteroatoms. The normalized spacial score (nSPS) is 19.4. The van der Waals surface area contributed by atoms with Crippen LogP contribution in [0.15, 0.2) is 23.7 Å². The highest BCUT2D eigenvalue weighted by Gasteiger charge is 2.52. The van der Waals surface area contributed by atoms with Gasteiger partial charge in [-0.2, -0.15) is 12.6 Å². The first-order valence-corrected chi connectivity index (χ1v) is 8.33. The lowest BCUT2D eigenvalue weighted by Gasteiger charge is -2.32. The van der Waals surface area contributed by atoms with E-state index in [1.54, 1.807) is 6.07 Å². The number of ether oxygens (including phenoxy) is 1. The van der Waals surface area contributed by atoms with Crippen LogP contribution >= 0.6 is 12.6 Å². The van der Waals surface area contributed by atoms with Crippen LogP contribution in [0.3, 0.4) is 0 Å². The van der Waals surface area contributed by atoms with Gasteiger partial charge in [-0.05, 0) is 45.3 Å². The molecule has 0 unspecified atom stereocenters. The van der Waals surface area contributed by atoms with Crippen LogP contribution in [0.2, 0.25) is 0 Å². The van der Waals surface area contributed by atoms with Gasteiger partial charge in [0, 0.05) is 11.3 Å². The molecule has 1 aliphatic rings. The number of carboxylic acids is 1. The van der Waals surface area contributed by atoms with Crippen molar-refractivity contribution < 1.29 is 23.9 Å². The Labute approximate surface area is 148 Å². The molecule has 0 amide bonds. The van der Waals surface area contributed by atoms with Crippen molar-refractivity contribution in [3.05, 3.63) is 34.8 Å². The Hall–Kier alpha value is -1.44. The highest BCUT2D eigenvalue weighted by Crippen LogP contribution is 2.39. The second-order valence-corrected chi connectivity index (χ2v) is 7.04. The number of carboxylic acid groups (broad SMARTS) is 1. The monoisotopic (exact) mass is 350 g/mol. The first-order valence-electron chi connectivity index (χ1n) is 7.69. The lowest BCUT2D eigenvalue weighted by atomic mass is 9.78. The van der Waals surface area contributed by atoms with Crippen LogP contribution in [0.25, 0.3) is 6.08 Å². The molecule has 1 aromatic carbocycles. The zero-order chi connectivity index (χ0) is 18.1. The average molecular weight is 350 g/mol. The molecule has 0 bridgehead atoms. The van der Waals surface area contributed by atoms with Gasteiger partial charge in [0.15, 0.2) is 0 Å². The van der Waals surface area contributed by atoms with Gasteiger partial charge in [-0.15, -0.1) is 0 Å². The van der Waals surface area contributed by atoms with E-state index in [9.17, 15) is 4.79 Å². The first kappa shape index (κ1) is 18.9. The molecule has 1 N–H and O–H groups in total. The number of hydrogen-bond donors (Lipinski definition) is 2. The molecule has 5 nitrogen and oxygen atoms in total. The Kier molecular flexibility index (Phi) is 5.37. The van der Waals surface area contributed by atoms with Crippen molar-refractivity contribution >= 4 is 31.8 Å². The minimum atomic E-state index is -0.996. The van der Waals surface area contributed by atoms with E-state index in [1.165, 1.54) is 19.2 Å². The van der Waals surface area contributed by atoms with Crippen molar-refractivity contribution in [2.45, 2.75) is 38.9 Å². The maximum atomic E-state index is 11.1. The van der Waals surface area contributed by atoms with Crippen molar-refractivity contribution in [1.82, 2.24) is 0 Å². The maximum absolute atomic E-state index is 11.1. The van der Waals surface area contributed by atoms with Gasteiger partial charge < -0.3 is 19.2 Å². The van der Waals surface area contributed by atoms with Crippen LogP contribution in [0.5, 0.6) is 5.75 Å². The van der Waals surface area contributed by atoms with Crippen LogP contribution in [-0.4, -0.2) is 42.3 Å². The van der Waals surface area contributed by atoms with Gasteiger partial charge in [0.1, 0.15) is 5.75 Å². The molecule has 1 aliphatic heterocycles. The van der Waals surface area contributed by atoms with Gasteiger partial charge in [-0.3, -0.25) is 0 Å². The van der Waals surface area contributed by atoms with E-state index >= 15 is 0 Å². The Morgan fingerprint density at radius 2 is 1.88 bits per heavy atom. The van der Waals surface area contributed by atoms with Crippen molar-refractivity contribution in [3.63, 3.8) is 0 Å². The van der Waals surface area contributed by atoms with Crippen molar-refractivity contribution in [3.8, 4) is 5.75 Å². The molecule has 0 radical (unpaired) electrons. The number of benzene rings is 1. The molecular formula is C17H23BO5S. The van der Waals surface area contributed by atoms with Crippen LogP contribution in [-0.2, 0) is 9.31 Å². The number of aromatic carboxylic acids is 1. The molecule has 24 heavy (non-hydrogen) atoms. The minimum absolute atomic E-state index is 0.173. The summed E-state index contributed by atoms with van der Waals surface area (Å²) >= 11 is 4.39. The minimum Gasteiger partial charge on any atom is -0.496 e. The van der Waals surface area contributed by atoms with Crippen molar-refractivity contribution in [2.75, 3.05) is 12.9 Å². The summed E-state index contributed by atoms with van der Waals surface area (Å²) in [6.45, 7) is 7.97. The molecule has 1 fully saturated rings. The smallest absolute Gasteiger partial charge is 0.491 e. The molecule has 2 rings (SSSR count). The molecule has 0 atom stereocenters. The summed E-state index contributed by atoms with van der Waals surface area (Å²) in [4.78, 5) is 11.1. The lowest BCUT2D eigenvalue weighted by Crippen LogP contribution is -2.41. The highest BCUT2D eigenvalue weighted by atomic mass is 32.1. The van der Waals surface area contributed by atoms with E-state index in [4.69, 9.17) is 19.2 Å². The number of thiol groups is 1. The van der Waals surface area contributed by atoms with Crippen molar-refractivity contribution in [2.24, 2.45) is 0 Å². The molecule has 1 saturated heterocycles. The first-order chi connectivity index (χ1) is 11.1. The third-order valence-electron chi connectivity index (χ3n) is 4.56. The second kappa shape index (κ2) is 6.82.